The molecule has 152 valence electrons. The molecule has 4 rings (SSSR count). The molecule has 0 saturated carbocycles. The highest BCUT2D eigenvalue weighted by Crippen LogP contribution is 2.37. The van der Waals surface area contributed by atoms with E-state index in [9.17, 15) is 17.6 Å². The van der Waals surface area contributed by atoms with Gasteiger partial charge in [0.2, 0.25) is 5.01 Å². The summed E-state index contributed by atoms with van der Waals surface area (Å²) in [5, 5.41) is 10.8. The lowest BCUT2D eigenvalue weighted by Crippen LogP contribution is -2.31. The van der Waals surface area contributed by atoms with Gasteiger partial charge in [0.15, 0.2) is 5.03 Å². The highest BCUT2D eigenvalue weighted by atomic mass is 32.2. The number of halogens is 1. The summed E-state index contributed by atoms with van der Waals surface area (Å²) in [5.41, 5.74) is 0.0365. The number of imidazole rings is 1. The fraction of sp³-hybridized carbons (Fsp3) is 0.294. The summed E-state index contributed by atoms with van der Waals surface area (Å²) in [6, 6.07) is 5.27. The van der Waals surface area contributed by atoms with Crippen LogP contribution in [0.25, 0.3) is 0 Å². The summed E-state index contributed by atoms with van der Waals surface area (Å²) in [6.07, 6.45) is 4.09. The SMILES string of the molecule is Cn1cnc(S(=O)(=O)N2CCC[C@@H]2c2nnc(C(=O)Nc3ccccc3F)s2)c1. The first-order chi connectivity index (χ1) is 13.9. The summed E-state index contributed by atoms with van der Waals surface area (Å²) in [5.74, 6) is -1.16. The number of para-hydroxylation sites is 1. The largest absolute Gasteiger partial charge is 0.339 e. The maximum Gasteiger partial charge on any atom is 0.286 e. The van der Waals surface area contributed by atoms with Gasteiger partial charge in [-0.05, 0) is 25.0 Å². The number of aromatic nitrogens is 4. The van der Waals surface area contributed by atoms with Crippen molar-refractivity contribution in [3.8, 4) is 0 Å². The number of nitrogens with zero attached hydrogens (tertiary/aromatic N) is 5. The van der Waals surface area contributed by atoms with Crippen molar-refractivity contribution in [1.82, 2.24) is 24.1 Å². The van der Waals surface area contributed by atoms with Gasteiger partial charge in [-0.1, -0.05) is 23.5 Å². The Bertz CT molecular complexity index is 1160. The molecule has 0 bridgehead atoms. The summed E-state index contributed by atoms with van der Waals surface area (Å²) < 4.78 is 42.5. The third-order valence-corrected chi connectivity index (χ3v) is 7.32. The van der Waals surface area contributed by atoms with E-state index in [1.54, 1.807) is 17.7 Å². The number of rotatable bonds is 5. The molecular formula is C17H17FN6O3S2. The lowest BCUT2D eigenvalue weighted by Gasteiger charge is -2.20. The Morgan fingerprint density at radius 2 is 2.10 bits per heavy atom. The molecule has 1 atom stereocenters. The summed E-state index contributed by atoms with van der Waals surface area (Å²) in [6.45, 7) is 0.333. The number of amides is 1. The molecule has 0 spiro atoms. The molecule has 0 aliphatic carbocycles. The number of carbonyl (C=O) groups excluding carboxylic acids is 1. The van der Waals surface area contributed by atoms with Crippen LogP contribution < -0.4 is 5.32 Å². The Kier molecular flexibility index (Phi) is 5.15. The minimum absolute atomic E-state index is 0.0327. The average molecular weight is 436 g/mol. The van der Waals surface area contributed by atoms with Crippen molar-refractivity contribution in [2.24, 2.45) is 7.05 Å². The minimum Gasteiger partial charge on any atom is -0.339 e. The molecule has 0 unspecified atom stereocenters. The van der Waals surface area contributed by atoms with Gasteiger partial charge < -0.3 is 9.88 Å². The van der Waals surface area contributed by atoms with E-state index < -0.39 is 27.8 Å². The number of carbonyl (C=O) groups is 1. The van der Waals surface area contributed by atoms with Crippen LogP contribution >= 0.6 is 11.3 Å². The van der Waals surface area contributed by atoms with Crippen LogP contribution in [0.1, 0.15) is 33.7 Å². The smallest absolute Gasteiger partial charge is 0.286 e. The third kappa shape index (κ3) is 3.78. The summed E-state index contributed by atoms with van der Waals surface area (Å²) in [4.78, 5) is 16.3. The van der Waals surface area contributed by atoms with E-state index in [1.807, 2.05) is 0 Å². The van der Waals surface area contributed by atoms with Crippen LogP contribution in [0, 0.1) is 5.82 Å². The minimum atomic E-state index is -3.79. The molecule has 2 aromatic heterocycles. The number of benzene rings is 1. The lowest BCUT2D eigenvalue weighted by molar-refractivity contribution is 0.102. The Balaban J connectivity index is 1.55. The second-order valence-corrected chi connectivity index (χ2v) is 9.38. The molecule has 1 aliphatic heterocycles. The van der Waals surface area contributed by atoms with Crippen LogP contribution in [0.2, 0.25) is 0 Å². The molecule has 29 heavy (non-hydrogen) atoms. The van der Waals surface area contributed by atoms with E-state index in [0.717, 1.165) is 11.3 Å². The van der Waals surface area contributed by atoms with Crippen LogP contribution in [0.15, 0.2) is 41.8 Å². The second kappa shape index (κ2) is 7.61. The molecule has 1 amide bonds. The zero-order valence-corrected chi connectivity index (χ0v) is 17.0. The molecule has 3 heterocycles. The number of anilines is 1. The molecule has 9 nitrogen and oxygen atoms in total. The Labute approximate surface area is 170 Å². The van der Waals surface area contributed by atoms with Gasteiger partial charge in [0, 0.05) is 19.8 Å². The van der Waals surface area contributed by atoms with E-state index >= 15 is 0 Å². The number of sulfonamides is 1. The standard InChI is InChI=1S/C17H17FN6O3S2/c1-23-9-14(19-10-23)29(26,27)24-8-4-7-13(24)16-21-22-17(28-16)15(25)20-12-6-3-2-5-11(12)18/h2-3,5-6,9-10,13H,4,7-8H2,1H3,(H,20,25)/t13-/m1/s1. The predicted octanol–water partition coefficient (Wildman–Crippen LogP) is 2.19. The van der Waals surface area contributed by atoms with Crippen molar-refractivity contribution < 1.29 is 17.6 Å². The van der Waals surface area contributed by atoms with Crippen molar-refractivity contribution in [3.63, 3.8) is 0 Å². The van der Waals surface area contributed by atoms with Gasteiger partial charge in [-0.3, -0.25) is 4.79 Å². The van der Waals surface area contributed by atoms with Crippen molar-refractivity contribution in [3.05, 3.63) is 52.6 Å². The quantitative estimate of drug-likeness (QED) is 0.657. The molecule has 3 aromatic rings. The van der Waals surface area contributed by atoms with E-state index in [-0.39, 0.29) is 15.7 Å². The third-order valence-electron chi connectivity index (χ3n) is 4.50. The van der Waals surface area contributed by atoms with Gasteiger partial charge >= 0.3 is 0 Å². The highest BCUT2D eigenvalue weighted by molar-refractivity contribution is 7.89. The predicted molar refractivity (Wildman–Crippen MR) is 103 cm³/mol. The van der Waals surface area contributed by atoms with E-state index in [2.05, 4.69) is 20.5 Å². The number of aryl methyl sites for hydroxylation is 1. The van der Waals surface area contributed by atoms with E-state index in [0.29, 0.717) is 24.4 Å². The second-order valence-electron chi connectivity index (χ2n) is 6.53. The van der Waals surface area contributed by atoms with Gasteiger partial charge in [-0.2, -0.15) is 4.31 Å². The zero-order valence-electron chi connectivity index (χ0n) is 15.3. The zero-order chi connectivity index (χ0) is 20.6. The average Bonchev–Trinajstić information content (AvgIpc) is 3.43. The van der Waals surface area contributed by atoms with Crippen molar-refractivity contribution >= 4 is 33.0 Å². The Morgan fingerprint density at radius 1 is 1.31 bits per heavy atom. The van der Waals surface area contributed by atoms with Crippen LogP contribution in [0.5, 0.6) is 0 Å². The molecular weight excluding hydrogens is 419 g/mol. The first-order valence-electron chi connectivity index (χ1n) is 8.75. The van der Waals surface area contributed by atoms with Gasteiger partial charge in [-0.15, -0.1) is 10.2 Å². The topological polar surface area (TPSA) is 110 Å². The van der Waals surface area contributed by atoms with Crippen LogP contribution in [0.3, 0.4) is 0 Å². The molecule has 1 N–H and O–H groups in total. The Hall–Kier alpha value is -2.70. The number of nitrogens with one attached hydrogen (secondary N) is 1. The number of hydrogen-bond donors (Lipinski definition) is 1. The normalized spacial score (nSPS) is 17.5. The van der Waals surface area contributed by atoms with Crippen LogP contribution in [-0.4, -0.2) is 44.9 Å². The van der Waals surface area contributed by atoms with Crippen molar-refractivity contribution in [2.75, 3.05) is 11.9 Å². The molecule has 1 fully saturated rings. The van der Waals surface area contributed by atoms with Crippen molar-refractivity contribution in [2.45, 2.75) is 23.9 Å². The monoisotopic (exact) mass is 436 g/mol. The Morgan fingerprint density at radius 3 is 2.83 bits per heavy atom. The molecule has 0 radical (unpaired) electrons. The summed E-state index contributed by atoms with van der Waals surface area (Å²) >= 11 is 0.995. The fourth-order valence-electron chi connectivity index (χ4n) is 3.12. The van der Waals surface area contributed by atoms with Gasteiger partial charge in [0.05, 0.1) is 18.1 Å². The molecule has 1 aromatic carbocycles. The fourth-order valence-corrected chi connectivity index (χ4v) is 5.70. The van der Waals surface area contributed by atoms with Crippen molar-refractivity contribution in [1.29, 1.82) is 0 Å². The van der Waals surface area contributed by atoms with Gasteiger partial charge in [-0.25, -0.2) is 17.8 Å². The lowest BCUT2D eigenvalue weighted by atomic mass is 10.2. The van der Waals surface area contributed by atoms with E-state index in [4.69, 9.17) is 0 Å². The molecule has 12 heteroatoms. The molecule has 1 saturated heterocycles. The van der Waals surface area contributed by atoms with Gasteiger partial charge in [0.1, 0.15) is 10.8 Å². The highest BCUT2D eigenvalue weighted by Gasteiger charge is 2.39. The van der Waals surface area contributed by atoms with E-state index in [1.165, 1.54) is 35.0 Å². The van der Waals surface area contributed by atoms with Crippen LogP contribution in [0.4, 0.5) is 10.1 Å². The molecule has 1 aliphatic rings. The number of hydrogen-bond acceptors (Lipinski definition) is 7. The first kappa shape index (κ1) is 19.6. The van der Waals surface area contributed by atoms with Crippen LogP contribution in [-0.2, 0) is 17.1 Å². The maximum atomic E-state index is 13.7. The maximum absolute atomic E-state index is 13.7. The van der Waals surface area contributed by atoms with Gasteiger partial charge in [0.25, 0.3) is 15.9 Å². The summed E-state index contributed by atoms with van der Waals surface area (Å²) in [7, 11) is -2.10. The first-order valence-corrected chi connectivity index (χ1v) is 11.0.